The first-order valence-corrected chi connectivity index (χ1v) is 6.06. The number of nitrogens with one attached hydrogen (secondary N) is 1. The Morgan fingerprint density at radius 1 is 0.929 bits per heavy atom. The van der Waals surface area contributed by atoms with E-state index in [9.17, 15) is 4.79 Å². The molecular formula is C12H25NO. The van der Waals surface area contributed by atoms with Crippen LogP contribution in [-0.2, 0) is 4.79 Å². The topological polar surface area (TPSA) is 29.1 Å². The first-order chi connectivity index (χ1) is 6.91. The third-order valence-corrected chi connectivity index (χ3v) is 2.43. The van der Waals surface area contributed by atoms with E-state index in [-0.39, 0.29) is 0 Å². The Labute approximate surface area is 88.5 Å². The molecule has 0 fully saturated rings. The summed E-state index contributed by atoms with van der Waals surface area (Å²) < 4.78 is 0. The summed E-state index contributed by atoms with van der Waals surface area (Å²) in [4.78, 5) is 9.98. The predicted octanol–water partition coefficient (Wildman–Crippen LogP) is 2.92. The van der Waals surface area contributed by atoms with Gasteiger partial charge < -0.3 is 10.1 Å². The second kappa shape index (κ2) is 12.6. The molecule has 0 heterocycles. The first kappa shape index (κ1) is 13.6. The van der Waals surface area contributed by atoms with Gasteiger partial charge in [-0.15, -0.1) is 0 Å². The second-order valence-electron chi connectivity index (χ2n) is 3.85. The Balaban J connectivity index is 2.81. The van der Waals surface area contributed by atoms with Crippen molar-refractivity contribution in [3.05, 3.63) is 0 Å². The number of hydrogen-bond donors (Lipinski definition) is 1. The Bertz CT molecular complexity index is 115. The molecule has 1 N–H and O–H groups in total. The standard InChI is InChI=1S/C12H25NO/c1-2-3-4-5-6-7-8-9-10-13-11-12-14/h12-13H,2-11H2,1H3. The minimum absolute atomic E-state index is 0.510. The molecule has 0 aliphatic carbocycles. The molecule has 0 radical (unpaired) electrons. The number of rotatable bonds is 11. The highest BCUT2D eigenvalue weighted by Crippen LogP contribution is 2.07. The zero-order valence-electron chi connectivity index (χ0n) is 9.56. The van der Waals surface area contributed by atoms with Crippen molar-refractivity contribution in [1.29, 1.82) is 0 Å². The normalized spacial score (nSPS) is 10.4. The molecule has 0 bridgehead atoms. The van der Waals surface area contributed by atoms with Crippen LogP contribution in [0.2, 0.25) is 0 Å². The maximum absolute atomic E-state index is 9.98. The summed E-state index contributed by atoms with van der Waals surface area (Å²) in [5.74, 6) is 0. The van der Waals surface area contributed by atoms with Crippen LogP contribution in [0.15, 0.2) is 0 Å². The summed E-state index contributed by atoms with van der Waals surface area (Å²) in [7, 11) is 0. The van der Waals surface area contributed by atoms with Gasteiger partial charge in [-0.25, -0.2) is 0 Å². The van der Waals surface area contributed by atoms with Gasteiger partial charge in [-0.3, -0.25) is 0 Å². The Hall–Kier alpha value is -0.370. The van der Waals surface area contributed by atoms with Crippen molar-refractivity contribution >= 4 is 6.29 Å². The summed E-state index contributed by atoms with van der Waals surface area (Å²) in [5.41, 5.74) is 0. The highest BCUT2D eigenvalue weighted by atomic mass is 16.1. The van der Waals surface area contributed by atoms with E-state index < -0.39 is 0 Å². The third kappa shape index (κ3) is 11.6. The molecule has 0 aromatic heterocycles. The van der Waals surface area contributed by atoms with Crippen molar-refractivity contribution in [2.24, 2.45) is 0 Å². The lowest BCUT2D eigenvalue weighted by Crippen LogP contribution is -2.17. The van der Waals surface area contributed by atoms with Gasteiger partial charge in [0.2, 0.25) is 0 Å². The first-order valence-electron chi connectivity index (χ1n) is 6.06. The lowest BCUT2D eigenvalue weighted by molar-refractivity contribution is -0.107. The van der Waals surface area contributed by atoms with Crippen LogP contribution < -0.4 is 5.32 Å². The van der Waals surface area contributed by atoms with Crippen LogP contribution in [0.25, 0.3) is 0 Å². The number of carbonyl (C=O) groups is 1. The minimum atomic E-state index is 0.510. The number of unbranched alkanes of at least 4 members (excludes halogenated alkanes) is 7. The van der Waals surface area contributed by atoms with Gasteiger partial charge in [0.25, 0.3) is 0 Å². The summed E-state index contributed by atoms with van der Waals surface area (Å²) in [6, 6.07) is 0. The summed E-state index contributed by atoms with van der Waals surface area (Å²) in [6.07, 6.45) is 11.7. The van der Waals surface area contributed by atoms with Gasteiger partial charge in [-0.1, -0.05) is 51.9 Å². The highest BCUT2D eigenvalue weighted by Gasteiger charge is 1.91. The van der Waals surface area contributed by atoms with Crippen molar-refractivity contribution in [3.8, 4) is 0 Å². The Kier molecular flexibility index (Phi) is 12.3. The van der Waals surface area contributed by atoms with Gasteiger partial charge in [0, 0.05) is 0 Å². The molecule has 0 saturated carbocycles. The van der Waals surface area contributed by atoms with Crippen LogP contribution >= 0.6 is 0 Å². The zero-order valence-corrected chi connectivity index (χ0v) is 9.56. The van der Waals surface area contributed by atoms with Crippen molar-refractivity contribution < 1.29 is 4.79 Å². The van der Waals surface area contributed by atoms with Crippen LogP contribution in [-0.4, -0.2) is 19.4 Å². The van der Waals surface area contributed by atoms with Gasteiger partial charge in [0.15, 0.2) is 0 Å². The smallest absolute Gasteiger partial charge is 0.133 e. The molecule has 0 aliphatic heterocycles. The van der Waals surface area contributed by atoms with E-state index in [4.69, 9.17) is 0 Å². The average molecular weight is 199 g/mol. The van der Waals surface area contributed by atoms with Crippen molar-refractivity contribution in [3.63, 3.8) is 0 Å². The molecule has 0 unspecified atom stereocenters. The molecule has 0 spiro atoms. The third-order valence-electron chi connectivity index (χ3n) is 2.43. The number of hydrogen-bond acceptors (Lipinski definition) is 2. The van der Waals surface area contributed by atoms with Crippen LogP contribution in [0.5, 0.6) is 0 Å². The molecule has 0 aliphatic rings. The second-order valence-corrected chi connectivity index (χ2v) is 3.85. The van der Waals surface area contributed by atoms with E-state index in [1.54, 1.807) is 0 Å². The van der Waals surface area contributed by atoms with Gasteiger partial charge in [-0.2, -0.15) is 0 Å². The van der Waals surface area contributed by atoms with Crippen LogP contribution in [0.3, 0.4) is 0 Å². The fraction of sp³-hybridized carbons (Fsp3) is 0.917. The molecule has 0 atom stereocenters. The SMILES string of the molecule is CCCCCCCCCCNCC=O. The molecule has 0 aromatic rings. The van der Waals surface area contributed by atoms with Crippen molar-refractivity contribution in [2.45, 2.75) is 58.3 Å². The Morgan fingerprint density at radius 3 is 2.07 bits per heavy atom. The van der Waals surface area contributed by atoms with E-state index in [0.717, 1.165) is 12.8 Å². The van der Waals surface area contributed by atoms with Gasteiger partial charge >= 0.3 is 0 Å². The fourth-order valence-corrected chi connectivity index (χ4v) is 1.54. The van der Waals surface area contributed by atoms with Gasteiger partial charge in [-0.05, 0) is 13.0 Å². The average Bonchev–Trinajstić information content (AvgIpc) is 2.21. The molecule has 14 heavy (non-hydrogen) atoms. The lowest BCUT2D eigenvalue weighted by atomic mass is 10.1. The van der Waals surface area contributed by atoms with Gasteiger partial charge in [0.05, 0.1) is 6.54 Å². The molecule has 0 aromatic carbocycles. The summed E-state index contributed by atoms with van der Waals surface area (Å²) in [5, 5.41) is 3.08. The maximum Gasteiger partial charge on any atom is 0.133 e. The zero-order chi connectivity index (χ0) is 10.5. The van der Waals surface area contributed by atoms with E-state index in [0.29, 0.717) is 6.54 Å². The number of carbonyl (C=O) groups excluding carboxylic acids is 1. The van der Waals surface area contributed by atoms with Gasteiger partial charge in [0.1, 0.15) is 6.29 Å². The monoisotopic (exact) mass is 199 g/mol. The largest absolute Gasteiger partial charge is 0.310 e. The lowest BCUT2D eigenvalue weighted by Gasteiger charge is -2.01. The molecule has 84 valence electrons. The van der Waals surface area contributed by atoms with E-state index in [2.05, 4.69) is 12.2 Å². The molecular weight excluding hydrogens is 174 g/mol. The molecule has 0 amide bonds. The number of aldehydes is 1. The quantitative estimate of drug-likeness (QED) is 0.409. The summed E-state index contributed by atoms with van der Waals surface area (Å²) >= 11 is 0. The maximum atomic E-state index is 9.98. The van der Waals surface area contributed by atoms with Crippen molar-refractivity contribution in [1.82, 2.24) is 5.32 Å². The van der Waals surface area contributed by atoms with E-state index in [1.165, 1.54) is 51.4 Å². The molecule has 2 heteroatoms. The van der Waals surface area contributed by atoms with E-state index in [1.807, 2.05) is 0 Å². The molecule has 0 saturated heterocycles. The van der Waals surface area contributed by atoms with Crippen molar-refractivity contribution in [2.75, 3.05) is 13.1 Å². The van der Waals surface area contributed by atoms with Crippen LogP contribution in [0, 0.1) is 0 Å². The summed E-state index contributed by atoms with van der Waals surface area (Å²) in [6.45, 7) is 3.75. The molecule has 2 nitrogen and oxygen atoms in total. The predicted molar refractivity (Wildman–Crippen MR) is 61.5 cm³/mol. The highest BCUT2D eigenvalue weighted by molar-refractivity contribution is 5.51. The van der Waals surface area contributed by atoms with E-state index >= 15 is 0 Å². The van der Waals surface area contributed by atoms with Crippen LogP contribution in [0.1, 0.15) is 58.3 Å². The fourth-order valence-electron chi connectivity index (χ4n) is 1.54. The minimum Gasteiger partial charge on any atom is -0.310 e. The van der Waals surface area contributed by atoms with Crippen LogP contribution in [0.4, 0.5) is 0 Å². The Morgan fingerprint density at radius 2 is 1.50 bits per heavy atom. The molecule has 0 rings (SSSR count).